The van der Waals surface area contributed by atoms with Crippen molar-refractivity contribution in [2.24, 2.45) is 0 Å². The molecule has 2 aromatic carbocycles. The van der Waals surface area contributed by atoms with Crippen molar-refractivity contribution < 1.29 is 14.3 Å². The molecule has 4 rings (SSSR count). The summed E-state index contributed by atoms with van der Waals surface area (Å²) in [4.78, 5) is 15.4. The van der Waals surface area contributed by atoms with Gasteiger partial charge in [0.25, 0.3) is 0 Å². The Hall–Kier alpha value is -2.83. The van der Waals surface area contributed by atoms with Gasteiger partial charge in [-0.05, 0) is 24.6 Å². The van der Waals surface area contributed by atoms with Gasteiger partial charge in [0.05, 0.1) is 12.0 Å². The number of rotatable bonds is 6. The number of phenols is 1. The van der Waals surface area contributed by atoms with Crippen LogP contribution < -0.4 is 15.5 Å². The molecule has 6 heteroatoms. The van der Waals surface area contributed by atoms with E-state index >= 15 is 0 Å². The minimum atomic E-state index is -0.266. The molecule has 0 radical (unpaired) electrons. The second-order valence-electron chi connectivity index (χ2n) is 6.93. The van der Waals surface area contributed by atoms with Crippen LogP contribution in [0.25, 0.3) is 22.3 Å². The number of hydrogen-bond acceptors (Lipinski definition) is 6. The van der Waals surface area contributed by atoms with Crippen LogP contribution in [0.1, 0.15) is 6.42 Å². The van der Waals surface area contributed by atoms with Crippen molar-refractivity contribution in [3.8, 4) is 22.8 Å². The van der Waals surface area contributed by atoms with Crippen LogP contribution in [-0.2, 0) is 0 Å². The fourth-order valence-corrected chi connectivity index (χ4v) is 3.47. The number of nitrogens with zero attached hydrogens (tertiary/aromatic N) is 1. The quantitative estimate of drug-likeness (QED) is 0.641. The highest BCUT2D eigenvalue weighted by molar-refractivity contribution is 5.83. The molecule has 0 saturated carbocycles. The maximum atomic E-state index is 13.1. The third kappa shape index (κ3) is 4.03. The summed E-state index contributed by atoms with van der Waals surface area (Å²) in [7, 11) is 0. The maximum Gasteiger partial charge on any atom is 0.235 e. The fraction of sp³-hybridized carbons (Fsp3) is 0.318. The molecule has 1 aromatic heterocycles. The number of phenolic OH excluding ortho intramolecular Hbond substituents is 1. The Morgan fingerprint density at radius 3 is 2.68 bits per heavy atom. The highest BCUT2D eigenvalue weighted by Crippen LogP contribution is 2.31. The molecule has 0 aliphatic carbocycles. The van der Waals surface area contributed by atoms with E-state index in [4.69, 9.17) is 9.15 Å². The van der Waals surface area contributed by atoms with E-state index in [1.165, 1.54) is 12.1 Å². The van der Waals surface area contributed by atoms with E-state index in [2.05, 4.69) is 10.2 Å². The molecule has 1 aliphatic heterocycles. The van der Waals surface area contributed by atoms with Crippen LogP contribution in [0.3, 0.4) is 0 Å². The molecule has 2 N–H and O–H groups in total. The van der Waals surface area contributed by atoms with E-state index in [1.54, 1.807) is 6.07 Å². The lowest BCUT2D eigenvalue weighted by molar-refractivity contribution is 0.212. The molecular weight excluding hydrogens is 356 g/mol. The predicted octanol–water partition coefficient (Wildman–Crippen LogP) is 2.84. The molecule has 1 fully saturated rings. The molecule has 6 nitrogen and oxygen atoms in total. The lowest BCUT2D eigenvalue weighted by Crippen LogP contribution is -2.44. The van der Waals surface area contributed by atoms with Crippen molar-refractivity contribution in [3.63, 3.8) is 0 Å². The van der Waals surface area contributed by atoms with E-state index in [0.717, 1.165) is 44.7 Å². The van der Waals surface area contributed by atoms with E-state index in [0.29, 0.717) is 23.3 Å². The maximum absolute atomic E-state index is 13.1. The van der Waals surface area contributed by atoms with Gasteiger partial charge in [-0.3, -0.25) is 4.79 Å². The summed E-state index contributed by atoms with van der Waals surface area (Å²) in [5.74, 6) is 0.646. The third-order valence-corrected chi connectivity index (χ3v) is 4.94. The Bertz CT molecular complexity index is 995. The SMILES string of the molecule is O=c1c(OCCCN2CCNCC2)c(-c2ccccc2)oc2ccc(O)cc12. The van der Waals surface area contributed by atoms with Gasteiger partial charge in [0.2, 0.25) is 11.2 Å². The van der Waals surface area contributed by atoms with Crippen LogP contribution in [0.4, 0.5) is 0 Å². The summed E-state index contributed by atoms with van der Waals surface area (Å²) in [6.07, 6.45) is 0.825. The molecule has 28 heavy (non-hydrogen) atoms. The molecule has 0 amide bonds. The molecule has 146 valence electrons. The number of hydrogen-bond donors (Lipinski definition) is 2. The summed E-state index contributed by atoms with van der Waals surface area (Å²) in [6.45, 7) is 5.45. The second-order valence-corrected chi connectivity index (χ2v) is 6.93. The minimum Gasteiger partial charge on any atom is -0.508 e. The van der Waals surface area contributed by atoms with Gasteiger partial charge in [-0.25, -0.2) is 0 Å². The normalized spacial score (nSPS) is 15.0. The van der Waals surface area contributed by atoms with Gasteiger partial charge in [0.1, 0.15) is 11.3 Å². The smallest absolute Gasteiger partial charge is 0.235 e. The van der Waals surface area contributed by atoms with E-state index in [9.17, 15) is 9.90 Å². The van der Waals surface area contributed by atoms with Gasteiger partial charge in [0.15, 0.2) is 5.76 Å². The highest BCUT2D eigenvalue weighted by Gasteiger charge is 2.18. The molecule has 0 spiro atoms. The van der Waals surface area contributed by atoms with Crippen LogP contribution in [0.5, 0.6) is 11.5 Å². The zero-order valence-corrected chi connectivity index (χ0v) is 15.7. The van der Waals surface area contributed by atoms with Crippen molar-refractivity contribution in [2.75, 3.05) is 39.3 Å². The number of ether oxygens (including phenoxy) is 1. The number of aromatic hydroxyl groups is 1. The Labute approximate surface area is 163 Å². The first kappa shape index (κ1) is 18.5. The molecular formula is C22H24N2O4. The van der Waals surface area contributed by atoms with Crippen molar-refractivity contribution >= 4 is 11.0 Å². The monoisotopic (exact) mass is 380 g/mol. The summed E-state index contributed by atoms with van der Waals surface area (Å²) >= 11 is 0. The Balaban J connectivity index is 1.61. The van der Waals surface area contributed by atoms with Crippen molar-refractivity contribution in [1.29, 1.82) is 0 Å². The molecule has 2 heterocycles. The van der Waals surface area contributed by atoms with Crippen LogP contribution in [0, 0.1) is 0 Å². The van der Waals surface area contributed by atoms with Crippen molar-refractivity contribution in [1.82, 2.24) is 10.2 Å². The Kier molecular flexibility index (Phi) is 5.60. The first-order valence-electron chi connectivity index (χ1n) is 9.63. The number of nitrogens with one attached hydrogen (secondary N) is 1. The molecule has 1 aliphatic rings. The van der Waals surface area contributed by atoms with Gasteiger partial charge in [-0.1, -0.05) is 30.3 Å². The first-order valence-corrected chi connectivity index (χ1v) is 9.63. The van der Waals surface area contributed by atoms with Crippen LogP contribution in [-0.4, -0.2) is 49.3 Å². The zero-order chi connectivity index (χ0) is 19.3. The first-order chi connectivity index (χ1) is 13.7. The van der Waals surface area contributed by atoms with Crippen molar-refractivity contribution in [2.45, 2.75) is 6.42 Å². The van der Waals surface area contributed by atoms with Crippen LogP contribution in [0.15, 0.2) is 57.7 Å². The topological polar surface area (TPSA) is 74.9 Å². The van der Waals surface area contributed by atoms with Gasteiger partial charge < -0.3 is 24.5 Å². The van der Waals surface area contributed by atoms with E-state index < -0.39 is 0 Å². The highest BCUT2D eigenvalue weighted by atomic mass is 16.5. The van der Waals surface area contributed by atoms with Crippen LogP contribution in [0.2, 0.25) is 0 Å². The Morgan fingerprint density at radius 2 is 1.89 bits per heavy atom. The van der Waals surface area contributed by atoms with Crippen molar-refractivity contribution in [3.05, 3.63) is 58.8 Å². The summed E-state index contributed by atoms with van der Waals surface area (Å²) < 4.78 is 11.9. The largest absolute Gasteiger partial charge is 0.508 e. The molecule has 0 atom stereocenters. The summed E-state index contributed by atoms with van der Waals surface area (Å²) in [6, 6.07) is 14.0. The van der Waals surface area contributed by atoms with Gasteiger partial charge >= 0.3 is 0 Å². The summed E-state index contributed by atoms with van der Waals surface area (Å²) in [5.41, 5.74) is 0.944. The lowest BCUT2D eigenvalue weighted by Gasteiger charge is -2.27. The van der Waals surface area contributed by atoms with E-state index in [-0.39, 0.29) is 16.9 Å². The average molecular weight is 380 g/mol. The van der Waals surface area contributed by atoms with E-state index in [1.807, 2.05) is 30.3 Å². The van der Waals surface area contributed by atoms with Gasteiger partial charge in [0, 0.05) is 38.3 Å². The Morgan fingerprint density at radius 1 is 1.11 bits per heavy atom. The third-order valence-electron chi connectivity index (χ3n) is 4.94. The molecule has 1 saturated heterocycles. The number of fused-ring (bicyclic) bond motifs is 1. The van der Waals surface area contributed by atoms with Gasteiger partial charge in [-0.2, -0.15) is 0 Å². The summed E-state index contributed by atoms with van der Waals surface area (Å²) in [5, 5.41) is 13.4. The van der Waals surface area contributed by atoms with Gasteiger partial charge in [-0.15, -0.1) is 0 Å². The molecule has 0 unspecified atom stereocenters. The average Bonchev–Trinajstić information content (AvgIpc) is 2.74. The number of piperazine rings is 1. The zero-order valence-electron chi connectivity index (χ0n) is 15.7. The molecule has 0 bridgehead atoms. The lowest BCUT2D eigenvalue weighted by atomic mass is 10.1. The number of benzene rings is 2. The molecule has 3 aromatic rings. The van der Waals surface area contributed by atoms with Crippen LogP contribution >= 0.6 is 0 Å². The fourth-order valence-electron chi connectivity index (χ4n) is 3.47. The second kappa shape index (κ2) is 8.46. The standard InChI is InChI=1S/C22H24N2O4/c25-17-7-8-19-18(15-17)20(26)22(21(28-19)16-5-2-1-3-6-16)27-14-4-11-24-12-9-23-10-13-24/h1-3,5-8,15,23,25H,4,9-14H2. The predicted molar refractivity (Wildman–Crippen MR) is 109 cm³/mol. The minimum absolute atomic E-state index is 0.0249.